The first-order chi connectivity index (χ1) is 11.5. The summed E-state index contributed by atoms with van der Waals surface area (Å²) in [5.74, 6) is 0.391. The van der Waals surface area contributed by atoms with Crippen molar-refractivity contribution in [1.82, 2.24) is 5.43 Å². The SMILES string of the molecule is COc1ccc(/C=N/NC(=O)Cc2ccc([N+](=O)[O-])cc2)cc1Br. The minimum Gasteiger partial charge on any atom is -0.496 e. The molecule has 0 saturated heterocycles. The lowest BCUT2D eigenvalue weighted by Gasteiger charge is -2.03. The van der Waals surface area contributed by atoms with Crippen LogP contribution in [-0.4, -0.2) is 24.2 Å². The molecule has 7 nitrogen and oxygen atoms in total. The van der Waals surface area contributed by atoms with Gasteiger partial charge in [0.05, 0.1) is 29.1 Å². The van der Waals surface area contributed by atoms with Crippen molar-refractivity contribution >= 4 is 33.7 Å². The third kappa shape index (κ3) is 4.88. The van der Waals surface area contributed by atoms with E-state index in [-0.39, 0.29) is 18.0 Å². The van der Waals surface area contributed by atoms with E-state index in [1.165, 1.54) is 18.3 Å². The highest BCUT2D eigenvalue weighted by atomic mass is 79.9. The van der Waals surface area contributed by atoms with Crippen LogP contribution in [0, 0.1) is 10.1 Å². The summed E-state index contributed by atoms with van der Waals surface area (Å²) in [5.41, 5.74) is 3.86. The molecule has 0 aromatic heterocycles. The van der Waals surface area contributed by atoms with Gasteiger partial charge in [-0.05, 0) is 45.3 Å². The van der Waals surface area contributed by atoms with Gasteiger partial charge in [0.2, 0.25) is 5.91 Å². The summed E-state index contributed by atoms with van der Waals surface area (Å²) >= 11 is 3.37. The number of nitrogens with zero attached hydrogens (tertiary/aromatic N) is 2. The van der Waals surface area contributed by atoms with Gasteiger partial charge in [-0.3, -0.25) is 14.9 Å². The van der Waals surface area contributed by atoms with E-state index in [9.17, 15) is 14.9 Å². The lowest BCUT2D eigenvalue weighted by atomic mass is 10.1. The Labute approximate surface area is 146 Å². The molecule has 0 fully saturated rings. The number of benzene rings is 2. The van der Waals surface area contributed by atoms with Crippen LogP contribution in [0.4, 0.5) is 5.69 Å². The second-order valence-electron chi connectivity index (χ2n) is 4.79. The number of ether oxygens (including phenoxy) is 1. The third-order valence-electron chi connectivity index (χ3n) is 3.09. The second-order valence-corrected chi connectivity index (χ2v) is 5.64. The number of carbonyl (C=O) groups excluding carboxylic acids is 1. The van der Waals surface area contributed by atoms with E-state index in [0.717, 1.165) is 10.0 Å². The Bertz CT molecular complexity index is 775. The average molecular weight is 392 g/mol. The number of amides is 1. The molecule has 0 heterocycles. The molecule has 0 aliphatic carbocycles. The van der Waals surface area contributed by atoms with E-state index in [4.69, 9.17) is 4.74 Å². The van der Waals surface area contributed by atoms with Crippen molar-refractivity contribution in [1.29, 1.82) is 0 Å². The number of carbonyl (C=O) groups is 1. The highest BCUT2D eigenvalue weighted by molar-refractivity contribution is 9.10. The predicted octanol–water partition coefficient (Wildman–Crippen LogP) is 3.06. The van der Waals surface area contributed by atoms with Crippen LogP contribution in [0.1, 0.15) is 11.1 Å². The van der Waals surface area contributed by atoms with Crippen LogP contribution in [0.3, 0.4) is 0 Å². The Kier molecular flexibility index (Phi) is 6.02. The number of rotatable bonds is 6. The fourth-order valence-corrected chi connectivity index (χ4v) is 2.46. The van der Waals surface area contributed by atoms with Gasteiger partial charge < -0.3 is 4.74 Å². The van der Waals surface area contributed by atoms with E-state index in [1.54, 1.807) is 31.4 Å². The molecule has 0 aliphatic rings. The topological polar surface area (TPSA) is 93.8 Å². The van der Waals surface area contributed by atoms with Gasteiger partial charge in [-0.1, -0.05) is 12.1 Å². The van der Waals surface area contributed by atoms with Crippen molar-refractivity contribution in [3.8, 4) is 5.75 Å². The number of hydrazone groups is 1. The molecule has 0 unspecified atom stereocenters. The van der Waals surface area contributed by atoms with Crippen molar-refractivity contribution < 1.29 is 14.5 Å². The molecule has 1 amide bonds. The normalized spacial score (nSPS) is 10.6. The Morgan fingerprint density at radius 1 is 1.33 bits per heavy atom. The van der Waals surface area contributed by atoms with Crippen LogP contribution in [0.25, 0.3) is 0 Å². The second kappa shape index (κ2) is 8.21. The zero-order valence-electron chi connectivity index (χ0n) is 12.7. The van der Waals surface area contributed by atoms with Crippen LogP contribution in [0.5, 0.6) is 5.75 Å². The zero-order chi connectivity index (χ0) is 17.5. The van der Waals surface area contributed by atoms with Crippen molar-refractivity contribution in [3.05, 3.63) is 68.2 Å². The number of non-ortho nitro benzene ring substituents is 1. The molecule has 2 rings (SSSR count). The molecule has 8 heteroatoms. The Balaban J connectivity index is 1.90. The average Bonchev–Trinajstić information content (AvgIpc) is 2.55. The predicted molar refractivity (Wildman–Crippen MR) is 93.2 cm³/mol. The monoisotopic (exact) mass is 391 g/mol. The lowest BCUT2D eigenvalue weighted by molar-refractivity contribution is -0.384. The summed E-state index contributed by atoms with van der Waals surface area (Å²) in [6.45, 7) is 0. The van der Waals surface area contributed by atoms with Crippen molar-refractivity contribution in [2.45, 2.75) is 6.42 Å². The number of nitro groups is 1. The summed E-state index contributed by atoms with van der Waals surface area (Å²) in [4.78, 5) is 21.9. The fraction of sp³-hybridized carbons (Fsp3) is 0.125. The van der Waals surface area contributed by atoms with Crippen LogP contribution < -0.4 is 10.2 Å². The quantitative estimate of drug-likeness (QED) is 0.465. The molecule has 24 heavy (non-hydrogen) atoms. The Morgan fingerprint density at radius 2 is 2.04 bits per heavy atom. The van der Waals surface area contributed by atoms with E-state index in [2.05, 4.69) is 26.5 Å². The summed E-state index contributed by atoms with van der Waals surface area (Å²) in [6.07, 6.45) is 1.60. The summed E-state index contributed by atoms with van der Waals surface area (Å²) in [5, 5.41) is 14.5. The molecular formula is C16H14BrN3O4. The highest BCUT2D eigenvalue weighted by Crippen LogP contribution is 2.24. The Hall–Kier alpha value is -2.74. The van der Waals surface area contributed by atoms with E-state index in [0.29, 0.717) is 11.3 Å². The zero-order valence-corrected chi connectivity index (χ0v) is 14.3. The fourth-order valence-electron chi connectivity index (χ4n) is 1.90. The maximum absolute atomic E-state index is 11.8. The molecule has 2 aromatic rings. The highest BCUT2D eigenvalue weighted by Gasteiger charge is 2.06. The van der Waals surface area contributed by atoms with Gasteiger partial charge in [0.1, 0.15) is 5.75 Å². The van der Waals surface area contributed by atoms with E-state index < -0.39 is 4.92 Å². The van der Waals surface area contributed by atoms with Gasteiger partial charge in [-0.15, -0.1) is 0 Å². The van der Waals surface area contributed by atoms with Gasteiger partial charge >= 0.3 is 0 Å². The summed E-state index contributed by atoms with van der Waals surface area (Å²) in [6, 6.07) is 11.2. The number of hydrogen-bond donors (Lipinski definition) is 1. The first kappa shape index (κ1) is 17.6. The van der Waals surface area contributed by atoms with Crippen molar-refractivity contribution in [3.63, 3.8) is 0 Å². The smallest absolute Gasteiger partial charge is 0.269 e. The van der Waals surface area contributed by atoms with Gasteiger partial charge in [0.15, 0.2) is 0 Å². The van der Waals surface area contributed by atoms with Gasteiger partial charge in [-0.25, -0.2) is 5.43 Å². The third-order valence-corrected chi connectivity index (χ3v) is 3.71. The van der Waals surface area contributed by atoms with Crippen LogP contribution in [-0.2, 0) is 11.2 Å². The number of nitro benzene ring substituents is 1. The van der Waals surface area contributed by atoms with Crippen molar-refractivity contribution in [2.75, 3.05) is 7.11 Å². The number of hydrogen-bond acceptors (Lipinski definition) is 5. The molecule has 0 radical (unpaired) electrons. The molecule has 0 atom stereocenters. The maximum atomic E-state index is 11.8. The minimum absolute atomic E-state index is 0.0118. The molecule has 0 aliphatic heterocycles. The van der Waals surface area contributed by atoms with Gasteiger partial charge in [-0.2, -0.15) is 5.10 Å². The summed E-state index contributed by atoms with van der Waals surface area (Å²) in [7, 11) is 1.58. The maximum Gasteiger partial charge on any atom is 0.269 e. The minimum atomic E-state index is -0.485. The number of nitrogens with one attached hydrogen (secondary N) is 1. The molecule has 0 bridgehead atoms. The lowest BCUT2D eigenvalue weighted by Crippen LogP contribution is -2.19. The van der Waals surface area contributed by atoms with Crippen molar-refractivity contribution in [2.24, 2.45) is 5.10 Å². The summed E-state index contributed by atoms with van der Waals surface area (Å²) < 4.78 is 5.91. The molecule has 2 aromatic carbocycles. The molecular weight excluding hydrogens is 378 g/mol. The van der Waals surface area contributed by atoms with Crippen LogP contribution in [0.15, 0.2) is 52.0 Å². The molecule has 0 spiro atoms. The standard InChI is InChI=1S/C16H14BrN3O4/c1-24-15-7-4-12(8-14(15)17)10-18-19-16(21)9-11-2-5-13(6-3-11)20(22)23/h2-8,10H,9H2,1H3,(H,19,21)/b18-10+. The van der Waals surface area contributed by atoms with Crippen LogP contribution >= 0.6 is 15.9 Å². The molecule has 124 valence electrons. The molecule has 0 saturated carbocycles. The van der Waals surface area contributed by atoms with E-state index >= 15 is 0 Å². The molecule has 1 N–H and O–H groups in total. The first-order valence-electron chi connectivity index (χ1n) is 6.88. The number of halogens is 1. The Morgan fingerprint density at radius 3 is 2.62 bits per heavy atom. The largest absolute Gasteiger partial charge is 0.496 e. The van der Waals surface area contributed by atoms with Gasteiger partial charge in [0.25, 0.3) is 5.69 Å². The van der Waals surface area contributed by atoms with Gasteiger partial charge in [0, 0.05) is 12.1 Å². The van der Waals surface area contributed by atoms with Crippen LogP contribution in [0.2, 0.25) is 0 Å². The first-order valence-corrected chi connectivity index (χ1v) is 7.67. The van der Waals surface area contributed by atoms with E-state index in [1.807, 2.05) is 6.07 Å². The number of methoxy groups -OCH3 is 1.